The molecule has 2 aliphatic rings. The fraction of sp³-hybridized carbons (Fsp3) is 0.311. The van der Waals surface area contributed by atoms with E-state index in [9.17, 15) is 19.2 Å². The molecule has 6 rings (SSSR count). The zero-order chi connectivity index (χ0) is 42.4. The second-order valence-electron chi connectivity index (χ2n) is 14.3. The van der Waals surface area contributed by atoms with E-state index < -0.39 is 17.9 Å². The van der Waals surface area contributed by atoms with Crippen LogP contribution in [0.4, 0.5) is 0 Å². The number of H-pyrrole nitrogens is 1. The van der Waals surface area contributed by atoms with Gasteiger partial charge in [0, 0.05) is 36.7 Å². The number of aromatic nitrogens is 6. The first kappa shape index (κ1) is 44.8. The number of hydrogen-bond donors (Lipinski definition) is 3. The number of rotatable bonds is 15. The van der Waals surface area contributed by atoms with E-state index in [-0.39, 0.29) is 67.8 Å². The van der Waals surface area contributed by atoms with Crippen LogP contribution in [-0.2, 0) is 58.6 Å². The van der Waals surface area contributed by atoms with Gasteiger partial charge >= 0.3 is 29.0 Å². The molecule has 4 aromatic rings. The van der Waals surface area contributed by atoms with Gasteiger partial charge in [-0.2, -0.15) is 0 Å². The van der Waals surface area contributed by atoms with Gasteiger partial charge < -0.3 is 35.1 Å². The van der Waals surface area contributed by atoms with E-state index in [0.29, 0.717) is 40.2 Å². The number of methoxy groups -OCH3 is 1. The molecular formula is C45H48FeN8O6. The van der Waals surface area contributed by atoms with Gasteiger partial charge in [0.15, 0.2) is 0 Å². The zero-order valence-corrected chi connectivity index (χ0v) is 35.7. The van der Waals surface area contributed by atoms with Gasteiger partial charge in [0.25, 0.3) is 0 Å². The SMILES string of the molecule is C=CC1=C(C)c2cc3[n-]c(cc4nc(cc5[n-]c(cc1n2)c(C)c5CCC(=O)NCC(=O)N[C@@H](Cc1cnc[nH]1)C(=O)OC)C(CCC(=O)OCC)=C4C)c(C)c3C=C.[Fe+2]. The molecular weight excluding hydrogens is 804 g/mol. The molecule has 3 N–H and O–H groups in total. The molecule has 0 saturated carbocycles. The number of nitrogens with zero attached hydrogens (tertiary/aromatic N) is 5. The van der Waals surface area contributed by atoms with Crippen molar-refractivity contribution in [3.63, 3.8) is 0 Å². The smallest absolute Gasteiger partial charge is 0.657 e. The van der Waals surface area contributed by atoms with E-state index in [4.69, 9.17) is 29.4 Å². The third-order valence-electron chi connectivity index (χ3n) is 10.6. The molecule has 0 unspecified atom stereocenters. The summed E-state index contributed by atoms with van der Waals surface area (Å²) >= 11 is 0. The quantitative estimate of drug-likeness (QED) is 0.0954. The maximum absolute atomic E-state index is 13.3. The first-order valence-electron chi connectivity index (χ1n) is 19.4. The van der Waals surface area contributed by atoms with Crippen LogP contribution in [0.5, 0.6) is 0 Å². The number of allylic oxidation sites excluding steroid dienone is 5. The molecule has 0 spiro atoms. The normalized spacial score (nSPS) is 12.7. The third-order valence-corrected chi connectivity index (χ3v) is 10.6. The molecule has 14 nitrogen and oxygen atoms in total. The van der Waals surface area contributed by atoms with Crippen molar-refractivity contribution in [2.45, 2.75) is 72.8 Å². The summed E-state index contributed by atoms with van der Waals surface area (Å²) in [7, 11) is 1.24. The molecule has 0 aliphatic carbocycles. The molecule has 6 heterocycles. The van der Waals surface area contributed by atoms with Crippen molar-refractivity contribution in [2.24, 2.45) is 0 Å². The van der Waals surface area contributed by atoms with Crippen molar-refractivity contribution >= 4 is 74.2 Å². The van der Waals surface area contributed by atoms with Gasteiger partial charge in [0.05, 0.1) is 49.4 Å². The van der Waals surface area contributed by atoms with Crippen molar-refractivity contribution in [3.05, 3.63) is 107 Å². The molecule has 15 heteroatoms. The predicted octanol–water partition coefficient (Wildman–Crippen LogP) is 5.89. The van der Waals surface area contributed by atoms with Crippen LogP contribution in [0.2, 0.25) is 0 Å². The monoisotopic (exact) mass is 852 g/mol. The van der Waals surface area contributed by atoms with E-state index in [1.807, 2.05) is 52.0 Å². The minimum Gasteiger partial charge on any atom is -0.657 e. The molecule has 8 bridgehead atoms. The largest absolute Gasteiger partial charge is 2.00 e. The number of nitrogens with one attached hydrogen (secondary N) is 3. The molecule has 0 saturated heterocycles. The Labute approximate surface area is 359 Å². The number of aryl methyl sites for hydroxylation is 3. The van der Waals surface area contributed by atoms with Crippen LogP contribution in [0.3, 0.4) is 0 Å². The fourth-order valence-corrected chi connectivity index (χ4v) is 7.31. The Hall–Kier alpha value is -6.31. The van der Waals surface area contributed by atoms with Crippen LogP contribution in [-0.4, -0.2) is 70.0 Å². The minimum atomic E-state index is -0.967. The van der Waals surface area contributed by atoms with Crippen LogP contribution < -0.4 is 20.6 Å². The maximum Gasteiger partial charge on any atom is 2.00 e. The first-order chi connectivity index (χ1) is 28.3. The summed E-state index contributed by atoms with van der Waals surface area (Å²) in [4.78, 5) is 78.1. The fourth-order valence-electron chi connectivity index (χ4n) is 7.31. The molecule has 2 aliphatic heterocycles. The number of carbonyl (C=O) groups is 4. The minimum absolute atomic E-state index is 0. The van der Waals surface area contributed by atoms with Crippen LogP contribution in [0.15, 0.2) is 56.0 Å². The number of amides is 2. The summed E-state index contributed by atoms with van der Waals surface area (Å²) in [6.45, 7) is 17.8. The summed E-state index contributed by atoms with van der Waals surface area (Å²) in [5.74, 6) is -1.85. The summed E-state index contributed by atoms with van der Waals surface area (Å²) in [6, 6.07) is 6.76. The van der Waals surface area contributed by atoms with Gasteiger partial charge in [-0.15, -0.1) is 22.1 Å². The van der Waals surface area contributed by atoms with Crippen LogP contribution >= 0.6 is 0 Å². The summed E-state index contributed by atoms with van der Waals surface area (Å²) in [6.07, 6.45) is 7.63. The topological polar surface area (TPSA) is 193 Å². The van der Waals surface area contributed by atoms with Crippen LogP contribution in [0, 0.1) is 13.8 Å². The van der Waals surface area contributed by atoms with E-state index in [1.54, 1.807) is 25.3 Å². The Bertz CT molecular complexity index is 2580. The predicted molar refractivity (Wildman–Crippen MR) is 227 cm³/mol. The molecule has 312 valence electrons. The molecule has 0 aromatic carbocycles. The van der Waals surface area contributed by atoms with Gasteiger partial charge in [0.2, 0.25) is 11.8 Å². The number of esters is 2. The van der Waals surface area contributed by atoms with Gasteiger partial charge in [-0.05, 0) is 69.7 Å². The molecule has 4 aromatic heterocycles. The van der Waals surface area contributed by atoms with E-state index in [1.165, 1.54) is 13.4 Å². The number of aromatic amines is 1. The van der Waals surface area contributed by atoms with Gasteiger partial charge in [-0.25, -0.2) is 19.7 Å². The summed E-state index contributed by atoms with van der Waals surface area (Å²) < 4.78 is 10.1. The summed E-state index contributed by atoms with van der Waals surface area (Å²) in [5, 5.41) is 5.30. The number of hydrogen-bond acceptors (Lipinski definition) is 9. The molecule has 0 fully saturated rings. The molecule has 2 amide bonds. The standard InChI is InChI=1S/C45H50N8O6.Fe/c1-9-29-24(4)33-17-34-27(7)32(13-15-44(56)59-11-3)40(51-34)20-39-31(26(6)36(52-39)19-38-30(10-2)25(5)35(50-38)18-37(29)49-33)12-14-42(54)47-22-43(55)53-41(45(57)58-8)16-28-21-46-23-48-28;/h9-10,17-21,23,41H,1-2,11-16,22H2,3-8H3,(H5,46,47,48,49,50,51,52,53,54,55);/q;+2/p-2/t41-;/m0./s1. The van der Waals surface area contributed by atoms with Gasteiger partial charge in [0.1, 0.15) is 6.04 Å². The average molecular weight is 853 g/mol. The van der Waals surface area contributed by atoms with Crippen molar-refractivity contribution < 1.29 is 45.7 Å². The van der Waals surface area contributed by atoms with E-state index in [2.05, 4.69) is 33.8 Å². The third kappa shape index (κ3) is 9.75. The van der Waals surface area contributed by atoms with Crippen LogP contribution in [0.1, 0.15) is 90.8 Å². The Balaban J connectivity index is 0.00000683. The zero-order valence-electron chi connectivity index (χ0n) is 34.6. The number of carbonyl (C=O) groups excluding carboxylic acids is 4. The van der Waals surface area contributed by atoms with Gasteiger partial charge in [-0.1, -0.05) is 66.3 Å². The van der Waals surface area contributed by atoms with Crippen molar-refractivity contribution in [3.8, 4) is 0 Å². The Morgan fingerprint density at radius 2 is 1.50 bits per heavy atom. The molecule has 0 radical (unpaired) electrons. The number of fused-ring (bicyclic) bond motifs is 8. The Kier molecular flexibility index (Phi) is 14.7. The van der Waals surface area contributed by atoms with Crippen LogP contribution in [0.25, 0.3) is 50.4 Å². The van der Waals surface area contributed by atoms with E-state index in [0.717, 1.165) is 61.3 Å². The van der Waals surface area contributed by atoms with Crippen molar-refractivity contribution in [1.29, 1.82) is 0 Å². The Morgan fingerprint density at radius 3 is 2.18 bits per heavy atom. The number of imidazole rings is 1. The second-order valence-corrected chi connectivity index (χ2v) is 14.3. The number of ether oxygens (including phenoxy) is 2. The van der Waals surface area contributed by atoms with Crippen molar-refractivity contribution in [2.75, 3.05) is 20.3 Å². The maximum atomic E-state index is 13.3. The average Bonchev–Trinajstić information content (AvgIpc) is 4.02. The molecule has 60 heavy (non-hydrogen) atoms. The molecule has 1 atom stereocenters. The Morgan fingerprint density at radius 1 is 0.833 bits per heavy atom. The van der Waals surface area contributed by atoms with E-state index >= 15 is 0 Å². The summed E-state index contributed by atoms with van der Waals surface area (Å²) in [5.41, 5.74) is 13.3. The first-order valence-corrected chi connectivity index (χ1v) is 19.4. The second kappa shape index (κ2) is 19.6. The van der Waals surface area contributed by atoms with Gasteiger partial charge in [-0.3, -0.25) is 14.4 Å². The van der Waals surface area contributed by atoms with Crippen molar-refractivity contribution in [1.82, 2.24) is 40.5 Å².